The van der Waals surface area contributed by atoms with Crippen molar-refractivity contribution in [2.75, 3.05) is 39.4 Å². The third-order valence-electron chi connectivity index (χ3n) is 6.03. The molecule has 0 spiro atoms. The lowest BCUT2D eigenvalue weighted by molar-refractivity contribution is 0.0349. The van der Waals surface area contributed by atoms with Crippen LogP contribution < -0.4 is 5.32 Å². The van der Waals surface area contributed by atoms with E-state index in [0.29, 0.717) is 6.54 Å². The van der Waals surface area contributed by atoms with Crippen molar-refractivity contribution in [3.8, 4) is 0 Å². The molecular weight excluding hydrogens is 410 g/mol. The number of nitrogens with zero attached hydrogens (tertiary/aromatic N) is 4. The van der Waals surface area contributed by atoms with Gasteiger partial charge < -0.3 is 23.9 Å². The minimum Gasteiger partial charge on any atom is -0.467 e. The van der Waals surface area contributed by atoms with Crippen LogP contribution in [-0.4, -0.2) is 63.9 Å². The lowest BCUT2D eigenvalue weighted by Gasteiger charge is -2.32. The Hall–Kier alpha value is -2.68. The maximum atomic E-state index is 5.81. The van der Waals surface area contributed by atoms with Crippen molar-refractivity contribution in [1.82, 2.24) is 24.7 Å². The highest BCUT2D eigenvalue weighted by Crippen LogP contribution is 2.38. The number of rotatable bonds is 7. The van der Waals surface area contributed by atoms with Crippen LogP contribution in [0.25, 0.3) is 0 Å². The Kier molecular flexibility index (Phi) is 6.01. The van der Waals surface area contributed by atoms with Crippen LogP contribution in [0.15, 0.2) is 65.5 Å². The Morgan fingerprint density at radius 2 is 1.97 bits per heavy atom. The fourth-order valence-electron chi connectivity index (χ4n) is 4.45. The highest BCUT2D eigenvalue weighted by Gasteiger charge is 2.41. The number of pyridine rings is 1. The molecule has 0 radical (unpaired) electrons. The third kappa shape index (κ3) is 4.37. The molecule has 0 aliphatic carbocycles. The van der Waals surface area contributed by atoms with Crippen LogP contribution in [0.3, 0.4) is 0 Å². The summed E-state index contributed by atoms with van der Waals surface area (Å²) < 4.78 is 13.4. The van der Waals surface area contributed by atoms with Gasteiger partial charge in [-0.25, -0.2) is 0 Å². The molecule has 31 heavy (non-hydrogen) atoms. The predicted octanol–water partition coefficient (Wildman–Crippen LogP) is 2.83. The Balaban J connectivity index is 1.44. The molecule has 0 amide bonds. The minimum absolute atomic E-state index is 0.0105. The van der Waals surface area contributed by atoms with Crippen LogP contribution in [0.5, 0.6) is 0 Å². The summed E-state index contributed by atoms with van der Waals surface area (Å²) in [7, 11) is 0. The molecule has 0 unspecified atom stereocenters. The lowest BCUT2D eigenvalue weighted by Crippen LogP contribution is -2.42. The Bertz CT molecular complexity index is 985. The van der Waals surface area contributed by atoms with Gasteiger partial charge in [-0.05, 0) is 48.6 Å². The summed E-state index contributed by atoms with van der Waals surface area (Å²) in [5, 5.41) is 4.32. The molecule has 0 bridgehead atoms. The molecule has 5 rings (SSSR count). The standard InChI is InChI=1S/C23H27N5O2S/c31-23-25-21(19-6-1-2-8-24-19)22(28(23)11-10-26-12-15-29-16-13-26)20-7-3-9-27(20)17-18-5-4-14-30-18/h1-9,14,21-22H,10-13,15-17H2,(H,25,31)/t21-,22+/m1/s1. The lowest BCUT2D eigenvalue weighted by atomic mass is 10.0. The normalized spacial score (nSPS) is 22.1. The number of thiocarbonyl (C=S) groups is 1. The molecule has 2 aliphatic heterocycles. The van der Waals surface area contributed by atoms with Crippen LogP contribution in [0.4, 0.5) is 0 Å². The van der Waals surface area contributed by atoms with Crippen molar-refractivity contribution < 1.29 is 9.15 Å². The molecule has 2 saturated heterocycles. The van der Waals surface area contributed by atoms with Gasteiger partial charge in [0.05, 0.1) is 43.8 Å². The molecule has 3 aromatic rings. The minimum atomic E-state index is -0.0105. The second kappa shape index (κ2) is 9.21. The third-order valence-corrected chi connectivity index (χ3v) is 6.38. The van der Waals surface area contributed by atoms with Crippen LogP contribution in [0.1, 0.15) is 29.2 Å². The van der Waals surface area contributed by atoms with Crippen LogP contribution in [0.2, 0.25) is 0 Å². The van der Waals surface area contributed by atoms with E-state index in [0.717, 1.165) is 56.0 Å². The first-order valence-corrected chi connectivity index (χ1v) is 11.2. The van der Waals surface area contributed by atoms with E-state index >= 15 is 0 Å². The molecule has 162 valence electrons. The van der Waals surface area contributed by atoms with Crippen molar-refractivity contribution in [3.05, 3.63) is 78.3 Å². The second-order valence-corrected chi connectivity index (χ2v) is 8.30. The van der Waals surface area contributed by atoms with E-state index in [1.165, 1.54) is 5.69 Å². The maximum absolute atomic E-state index is 5.81. The Morgan fingerprint density at radius 3 is 2.74 bits per heavy atom. The molecule has 0 saturated carbocycles. The second-order valence-electron chi connectivity index (χ2n) is 7.91. The zero-order valence-corrected chi connectivity index (χ0v) is 18.2. The molecule has 2 atom stereocenters. The number of furan rings is 1. The van der Waals surface area contributed by atoms with E-state index in [2.05, 4.69) is 49.1 Å². The zero-order chi connectivity index (χ0) is 21.0. The Morgan fingerprint density at radius 1 is 1.06 bits per heavy atom. The summed E-state index contributed by atoms with van der Waals surface area (Å²) in [5.74, 6) is 0.931. The molecule has 5 heterocycles. The number of hydrogen-bond donors (Lipinski definition) is 1. The van der Waals surface area contributed by atoms with Crippen molar-refractivity contribution in [2.24, 2.45) is 0 Å². The van der Waals surface area contributed by atoms with Gasteiger partial charge in [-0.3, -0.25) is 9.88 Å². The van der Waals surface area contributed by atoms with Gasteiger partial charge in [-0.2, -0.15) is 0 Å². The smallest absolute Gasteiger partial charge is 0.170 e. The molecule has 8 heteroatoms. The van der Waals surface area contributed by atoms with Crippen molar-refractivity contribution in [2.45, 2.75) is 18.6 Å². The first-order valence-electron chi connectivity index (χ1n) is 10.8. The topological polar surface area (TPSA) is 58.7 Å². The van der Waals surface area contributed by atoms with Gasteiger partial charge in [0, 0.05) is 44.3 Å². The molecule has 2 fully saturated rings. The summed E-state index contributed by atoms with van der Waals surface area (Å²) in [5.41, 5.74) is 2.19. The molecule has 2 aliphatic rings. The molecular formula is C23H27N5O2S. The van der Waals surface area contributed by atoms with E-state index in [1.807, 2.05) is 30.5 Å². The van der Waals surface area contributed by atoms with Gasteiger partial charge in [-0.1, -0.05) is 6.07 Å². The number of hydrogen-bond acceptors (Lipinski definition) is 5. The summed E-state index contributed by atoms with van der Waals surface area (Å²) in [4.78, 5) is 9.40. The van der Waals surface area contributed by atoms with E-state index in [1.54, 1.807) is 6.26 Å². The van der Waals surface area contributed by atoms with Gasteiger partial charge in [-0.15, -0.1) is 0 Å². The first-order chi connectivity index (χ1) is 15.3. The first kappa shape index (κ1) is 20.2. The van der Waals surface area contributed by atoms with E-state index in [4.69, 9.17) is 21.4 Å². The van der Waals surface area contributed by atoms with Gasteiger partial charge >= 0.3 is 0 Å². The van der Waals surface area contributed by atoms with Crippen LogP contribution >= 0.6 is 12.2 Å². The molecule has 0 aromatic carbocycles. The number of ether oxygens (including phenoxy) is 1. The maximum Gasteiger partial charge on any atom is 0.170 e. The fourth-order valence-corrected chi connectivity index (χ4v) is 4.78. The van der Waals surface area contributed by atoms with E-state index in [-0.39, 0.29) is 12.1 Å². The predicted molar refractivity (Wildman–Crippen MR) is 122 cm³/mol. The Labute approximate surface area is 187 Å². The van der Waals surface area contributed by atoms with Gasteiger partial charge in [0.25, 0.3) is 0 Å². The zero-order valence-electron chi connectivity index (χ0n) is 17.4. The fraction of sp³-hybridized carbons (Fsp3) is 0.391. The largest absolute Gasteiger partial charge is 0.467 e. The highest BCUT2D eigenvalue weighted by molar-refractivity contribution is 7.80. The van der Waals surface area contributed by atoms with Crippen LogP contribution in [-0.2, 0) is 11.3 Å². The van der Waals surface area contributed by atoms with Gasteiger partial charge in [0.1, 0.15) is 5.76 Å². The molecule has 1 N–H and O–H groups in total. The van der Waals surface area contributed by atoms with Crippen molar-refractivity contribution >= 4 is 17.3 Å². The van der Waals surface area contributed by atoms with Gasteiger partial charge in [0.2, 0.25) is 0 Å². The van der Waals surface area contributed by atoms with Crippen molar-refractivity contribution in [1.29, 1.82) is 0 Å². The average Bonchev–Trinajstić information content (AvgIpc) is 3.55. The highest BCUT2D eigenvalue weighted by atomic mass is 32.1. The number of nitrogens with one attached hydrogen (secondary N) is 1. The summed E-state index contributed by atoms with van der Waals surface area (Å²) in [6.45, 7) is 6.03. The summed E-state index contributed by atoms with van der Waals surface area (Å²) in [6, 6.07) is 14.3. The molecule has 3 aromatic heterocycles. The molecule has 7 nitrogen and oxygen atoms in total. The van der Waals surface area contributed by atoms with E-state index in [9.17, 15) is 0 Å². The van der Waals surface area contributed by atoms with E-state index < -0.39 is 0 Å². The quantitative estimate of drug-likeness (QED) is 0.571. The van der Waals surface area contributed by atoms with Gasteiger partial charge in [0.15, 0.2) is 5.11 Å². The van der Waals surface area contributed by atoms with Crippen LogP contribution in [0, 0.1) is 0 Å². The summed E-state index contributed by atoms with van der Waals surface area (Å²) in [6.07, 6.45) is 5.67. The summed E-state index contributed by atoms with van der Waals surface area (Å²) >= 11 is 5.81. The number of morpholine rings is 1. The monoisotopic (exact) mass is 437 g/mol. The SMILES string of the molecule is S=C1N[C@H](c2ccccn2)[C@H](c2cccn2Cc2ccco2)N1CCN1CCOCC1. The number of aromatic nitrogens is 2. The van der Waals surface area contributed by atoms with Crippen molar-refractivity contribution in [3.63, 3.8) is 0 Å². The average molecular weight is 438 g/mol.